The molecule has 6 nitrogen and oxygen atoms in total. The number of carbonyl (C=O) groups is 1. The number of aryl methyl sites for hydroxylation is 1. The van der Waals surface area contributed by atoms with Gasteiger partial charge < -0.3 is 9.32 Å². The summed E-state index contributed by atoms with van der Waals surface area (Å²) < 4.78 is 8.09. The molecule has 0 N–H and O–H groups in total. The van der Waals surface area contributed by atoms with Crippen molar-refractivity contribution < 1.29 is 9.21 Å². The predicted molar refractivity (Wildman–Crippen MR) is 85.1 cm³/mol. The summed E-state index contributed by atoms with van der Waals surface area (Å²) in [6, 6.07) is 3.89. The summed E-state index contributed by atoms with van der Waals surface area (Å²) in [7, 11) is 0. The zero-order valence-electron chi connectivity index (χ0n) is 12.3. The van der Waals surface area contributed by atoms with E-state index in [1.165, 1.54) is 0 Å². The van der Waals surface area contributed by atoms with Crippen molar-refractivity contribution >= 4 is 21.8 Å². The molecule has 0 bridgehead atoms. The van der Waals surface area contributed by atoms with Crippen LogP contribution in [-0.2, 0) is 17.9 Å². The molecule has 0 saturated carbocycles. The molecule has 1 amide bonds. The first-order valence-corrected chi connectivity index (χ1v) is 8.20. The Hall–Kier alpha value is -1.60. The molecule has 0 aromatic carbocycles. The summed E-state index contributed by atoms with van der Waals surface area (Å²) in [6.45, 7) is 4.78. The van der Waals surface area contributed by atoms with Crippen LogP contribution < -0.4 is 0 Å². The fourth-order valence-corrected chi connectivity index (χ4v) is 2.94. The van der Waals surface area contributed by atoms with Gasteiger partial charge in [0.05, 0.1) is 23.5 Å². The van der Waals surface area contributed by atoms with Gasteiger partial charge in [-0.2, -0.15) is 5.10 Å². The highest BCUT2D eigenvalue weighted by Crippen LogP contribution is 2.11. The first-order chi connectivity index (χ1) is 10.7. The van der Waals surface area contributed by atoms with Crippen molar-refractivity contribution in [1.82, 2.24) is 19.6 Å². The Balaban J connectivity index is 1.41. The number of aromatic nitrogens is 2. The largest absolute Gasteiger partial charge is 0.468 e. The number of piperazine rings is 1. The molecule has 1 fully saturated rings. The second-order valence-electron chi connectivity index (χ2n) is 5.41. The van der Waals surface area contributed by atoms with Gasteiger partial charge in [0.25, 0.3) is 0 Å². The van der Waals surface area contributed by atoms with Crippen LogP contribution in [0.1, 0.15) is 12.2 Å². The number of rotatable bonds is 5. The number of halogens is 1. The SMILES string of the molecule is O=C(CCn1cc(Br)cn1)N1CCN(Cc2ccco2)CC1. The van der Waals surface area contributed by atoms with Crippen molar-refractivity contribution in [2.45, 2.75) is 19.5 Å². The Morgan fingerprint density at radius 1 is 1.32 bits per heavy atom. The van der Waals surface area contributed by atoms with Crippen LogP contribution in [0.25, 0.3) is 0 Å². The van der Waals surface area contributed by atoms with Crippen molar-refractivity contribution in [2.24, 2.45) is 0 Å². The van der Waals surface area contributed by atoms with Crippen molar-refractivity contribution in [3.8, 4) is 0 Å². The maximum atomic E-state index is 12.2. The quantitative estimate of drug-likeness (QED) is 0.811. The van der Waals surface area contributed by atoms with Crippen LogP contribution in [0.4, 0.5) is 0 Å². The summed E-state index contributed by atoms with van der Waals surface area (Å²) in [6.07, 6.45) is 5.81. The van der Waals surface area contributed by atoms with E-state index >= 15 is 0 Å². The molecule has 1 aliphatic heterocycles. The van der Waals surface area contributed by atoms with Gasteiger partial charge in [0.1, 0.15) is 5.76 Å². The minimum atomic E-state index is 0.198. The van der Waals surface area contributed by atoms with Crippen molar-refractivity contribution in [1.29, 1.82) is 0 Å². The van der Waals surface area contributed by atoms with Crippen LogP contribution >= 0.6 is 15.9 Å². The highest BCUT2D eigenvalue weighted by Gasteiger charge is 2.21. The van der Waals surface area contributed by atoms with Gasteiger partial charge in [0.15, 0.2) is 0 Å². The molecule has 1 aliphatic rings. The lowest BCUT2D eigenvalue weighted by molar-refractivity contribution is -0.133. The third kappa shape index (κ3) is 3.98. The number of hydrogen-bond acceptors (Lipinski definition) is 4. The first-order valence-electron chi connectivity index (χ1n) is 7.41. The maximum absolute atomic E-state index is 12.2. The highest BCUT2D eigenvalue weighted by molar-refractivity contribution is 9.10. The first kappa shape index (κ1) is 15.3. The van der Waals surface area contributed by atoms with Crippen LogP contribution in [0.2, 0.25) is 0 Å². The van der Waals surface area contributed by atoms with Crippen molar-refractivity contribution in [3.63, 3.8) is 0 Å². The number of hydrogen-bond donors (Lipinski definition) is 0. The Kier molecular flexibility index (Phi) is 4.94. The summed E-state index contributed by atoms with van der Waals surface area (Å²) in [4.78, 5) is 16.5. The molecule has 3 rings (SSSR count). The maximum Gasteiger partial charge on any atom is 0.224 e. The summed E-state index contributed by atoms with van der Waals surface area (Å²) in [5, 5.41) is 4.17. The van der Waals surface area contributed by atoms with Gasteiger partial charge in [-0.05, 0) is 28.1 Å². The summed E-state index contributed by atoms with van der Waals surface area (Å²) in [5.41, 5.74) is 0. The van der Waals surface area contributed by atoms with Gasteiger partial charge in [-0.1, -0.05) is 0 Å². The molecule has 0 atom stereocenters. The van der Waals surface area contributed by atoms with E-state index in [0.29, 0.717) is 13.0 Å². The third-order valence-electron chi connectivity index (χ3n) is 3.84. The molecule has 2 aromatic heterocycles. The van der Waals surface area contributed by atoms with E-state index < -0.39 is 0 Å². The summed E-state index contributed by atoms with van der Waals surface area (Å²) in [5.74, 6) is 1.17. The number of nitrogens with zero attached hydrogens (tertiary/aromatic N) is 4. The molecule has 7 heteroatoms. The number of carbonyl (C=O) groups excluding carboxylic acids is 1. The molecule has 0 aliphatic carbocycles. The molecular formula is C15H19BrN4O2. The van der Waals surface area contributed by atoms with Gasteiger partial charge in [-0.15, -0.1) is 0 Å². The lowest BCUT2D eigenvalue weighted by Gasteiger charge is -2.34. The molecule has 2 aromatic rings. The lowest BCUT2D eigenvalue weighted by atomic mass is 10.2. The molecule has 0 unspecified atom stereocenters. The molecule has 22 heavy (non-hydrogen) atoms. The molecular weight excluding hydrogens is 348 g/mol. The fraction of sp³-hybridized carbons (Fsp3) is 0.467. The van der Waals surface area contributed by atoms with Gasteiger partial charge in [0.2, 0.25) is 5.91 Å². The van der Waals surface area contributed by atoms with Crippen LogP contribution in [0.5, 0.6) is 0 Å². The molecule has 0 spiro atoms. The zero-order chi connectivity index (χ0) is 15.4. The van der Waals surface area contributed by atoms with Crippen LogP contribution in [-0.4, -0.2) is 51.7 Å². The second kappa shape index (κ2) is 7.11. The smallest absolute Gasteiger partial charge is 0.224 e. The monoisotopic (exact) mass is 366 g/mol. The van der Waals surface area contributed by atoms with Gasteiger partial charge in [-0.25, -0.2) is 0 Å². The number of furan rings is 1. The van der Waals surface area contributed by atoms with Crippen LogP contribution in [0, 0.1) is 0 Å². The van der Waals surface area contributed by atoms with Crippen LogP contribution in [0.15, 0.2) is 39.7 Å². The zero-order valence-corrected chi connectivity index (χ0v) is 13.9. The van der Waals surface area contributed by atoms with E-state index in [1.807, 2.05) is 23.2 Å². The minimum absolute atomic E-state index is 0.198. The van der Waals surface area contributed by atoms with Crippen LogP contribution in [0.3, 0.4) is 0 Å². The topological polar surface area (TPSA) is 54.5 Å². The van der Waals surface area contributed by atoms with E-state index in [9.17, 15) is 4.79 Å². The van der Waals surface area contributed by atoms with E-state index in [4.69, 9.17) is 4.42 Å². The summed E-state index contributed by atoms with van der Waals surface area (Å²) >= 11 is 3.35. The second-order valence-corrected chi connectivity index (χ2v) is 6.32. The minimum Gasteiger partial charge on any atom is -0.468 e. The lowest BCUT2D eigenvalue weighted by Crippen LogP contribution is -2.48. The van der Waals surface area contributed by atoms with Gasteiger partial charge in [0, 0.05) is 45.3 Å². The van der Waals surface area contributed by atoms with Crippen molar-refractivity contribution in [3.05, 3.63) is 41.0 Å². The average molecular weight is 367 g/mol. The van der Waals surface area contributed by atoms with E-state index in [-0.39, 0.29) is 5.91 Å². The van der Waals surface area contributed by atoms with E-state index in [0.717, 1.165) is 43.0 Å². The predicted octanol–water partition coefficient (Wildman–Crippen LogP) is 1.97. The molecule has 3 heterocycles. The molecule has 1 saturated heterocycles. The third-order valence-corrected chi connectivity index (χ3v) is 4.25. The molecule has 118 valence electrons. The standard InChI is InChI=1S/C15H19BrN4O2/c16-13-10-17-20(11-13)4-3-15(21)19-7-5-18(6-8-19)12-14-2-1-9-22-14/h1-2,9-11H,3-8,12H2. The normalized spacial score (nSPS) is 16.1. The molecule has 0 radical (unpaired) electrons. The van der Waals surface area contributed by atoms with E-state index in [2.05, 4.69) is 25.9 Å². The fourth-order valence-electron chi connectivity index (χ4n) is 2.61. The average Bonchev–Trinajstić information content (AvgIpc) is 3.17. The highest BCUT2D eigenvalue weighted by atomic mass is 79.9. The Morgan fingerprint density at radius 3 is 2.77 bits per heavy atom. The number of amides is 1. The Labute approximate surface area is 137 Å². The van der Waals surface area contributed by atoms with E-state index in [1.54, 1.807) is 17.1 Å². The Bertz CT molecular complexity index is 603. The van der Waals surface area contributed by atoms with Crippen molar-refractivity contribution in [2.75, 3.05) is 26.2 Å². The van der Waals surface area contributed by atoms with Gasteiger partial charge in [-0.3, -0.25) is 14.4 Å². The van der Waals surface area contributed by atoms with Gasteiger partial charge >= 0.3 is 0 Å². The Morgan fingerprint density at radius 2 is 2.14 bits per heavy atom.